The van der Waals surface area contributed by atoms with Crippen molar-refractivity contribution in [3.8, 4) is 0 Å². The summed E-state index contributed by atoms with van der Waals surface area (Å²) in [6.07, 6.45) is 2.98. The van der Waals surface area contributed by atoms with E-state index in [2.05, 4.69) is 73.2 Å². The molecule has 2 amide bonds. The number of aryl methyl sites for hydroxylation is 1. The molecule has 0 bridgehead atoms. The van der Waals surface area contributed by atoms with Crippen LogP contribution in [0.3, 0.4) is 0 Å². The second-order valence-electron chi connectivity index (χ2n) is 9.42. The van der Waals surface area contributed by atoms with Crippen molar-refractivity contribution in [2.75, 3.05) is 6.54 Å². The number of carbonyl (C=O) groups is 2. The molecule has 0 aromatic heterocycles. The highest BCUT2D eigenvalue weighted by atomic mass is 79.9. The van der Waals surface area contributed by atoms with Gasteiger partial charge in [-0.1, -0.05) is 86.4 Å². The summed E-state index contributed by atoms with van der Waals surface area (Å²) in [5, 5.41) is 2.97. The first-order valence-electron chi connectivity index (χ1n) is 11.5. The van der Waals surface area contributed by atoms with Crippen molar-refractivity contribution < 1.29 is 9.59 Å². The highest BCUT2D eigenvalue weighted by Gasteiger charge is 2.26. The molecule has 0 aliphatic heterocycles. The molecule has 0 heterocycles. The molecule has 4 nitrogen and oxygen atoms in total. The van der Waals surface area contributed by atoms with Crippen LogP contribution in [0, 0.1) is 0 Å². The normalized spacial score (nSPS) is 12.3. The fraction of sp³-hybridized carbons (Fsp3) is 0.481. The summed E-state index contributed by atoms with van der Waals surface area (Å²) in [7, 11) is 0. The number of nitrogens with zero attached hydrogens (tertiary/aromatic N) is 1. The zero-order chi connectivity index (χ0) is 23.7. The van der Waals surface area contributed by atoms with Gasteiger partial charge >= 0.3 is 0 Å². The van der Waals surface area contributed by atoms with Gasteiger partial charge in [-0.2, -0.15) is 0 Å². The Kier molecular flexibility index (Phi) is 9.95. The predicted molar refractivity (Wildman–Crippen MR) is 136 cm³/mol. The SMILES string of the molecule is CCCCNC(=O)[C@@H](C)N(Cc1cccc(Br)c1)C(=O)CCc1ccc(C(C)(C)C)cc1. The molecule has 1 atom stereocenters. The minimum atomic E-state index is -0.526. The van der Waals surface area contributed by atoms with Crippen LogP contribution in [-0.4, -0.2) is 29.3 Å². The maximum absolute atomic E-state index is 13.2. The Bertz CT molecular complexity index is 887. The van der Waals surface area contributed by atoms with Crippen molar-refractivity contribution >= 4 is 27.7 Å². The molecular formula is C27H37BrN2O2. The van der Waals surface area contributed by atoms with E-state index in [1.165, 1.54) is 5.56 Å². The summed E-state index contributed by atoms with van der Waals surface area (Å²) in [5.74, 6) is -0.112. The zero-order valence-electron chi connectivity index (χ0n) is 20.1. The maximum atomic E-state index is 13.2. The van der Waals surface area contributed by atoms with Crippen molar-refractivity contribution in [3.05, 3.63) is 69.7 Å². The lowest BCUT2D eigenvalue weighted by atomic mass is 9.86. The van der Waals surface area contributed by atoms with Gasteiger partial charge in [-0.15, -0.1) is 0 Å². The number of carbonyl (C=O) groups excluding carboxylic acids is 2. The average Bonchev–Trinajstić information content (AvgIpc) is 2.75. The molecule has 0 spiro atoms. The van der Waals surface area contributed by atoms with E-state index in [1.807, 2.05) is 31.2 Å². The molecule has 174 valence electrons. The molecule has 0 radical (unpaired) electrons. The Hall–Kier alpha value is -2.14. The summed E-state index contributed by atoms with van der Waals surface area (Å²) in [5.41, 5.74) is 3.51. The summed E-state index contributed by atoms with van der Waals surface area (Å²) < 4.78 is 0.960. The van der Waals surface area contributed by atoms with Gasteiger partial charge < -0.3 is 10.2 Å². The number of amides is 2. The number of nitrogens with one attached hydrogen (secondary N) is 1. The lowest BCUT2D eigenvalue weighted by molar-refractivity contribution is -0.140. The third-order valence-electron chi connectivity index (χ3n) is 5.69. The van der Waals surface area contributed by atoms with E-state index < -0.39 is 6.04 Å². The van der Waals surface area contributed by atoms with Crippen LogP contribution in [-0.2, 0) is 28.0 Å². The molecule has 32 heavy (non-hydrogen) atoms. The number of halogens is 1. The second-order valence-corrected chi connectivity index (χ2v) is 10.3. The third-order valence-corrected chi connectivity index (χ3v) is 6.18. The van der Waals surface area contributed by atoms with Crippen LogP contribution in [0.15, 0.2) is 53.0 Å². The van der Waals surface area contributed by atoms with Gasteiger partial charge in [-0.05, 0) is 54.0 Å². The molecule has 2 rings (SSSR count). The summed E-state index contributed by atoms with van der Waals surface area (Å²) in [6.45, 7) is 11.5. The predicted octanol–water partition coefficient (Wildman–Crippen LogP) is 6.01. The molecule has 2 aromatic rings. The first-order chi connectivity index (χ1) is 15.1. The molecule has 1 N–H and O–H groups in total. The lowest BCUT2D eigenvalue weighted by Gasteiger charge is -2.29. The fourth-order valence-electron chi connectivity index (χ4n) is 3.52. The largest absolute Gasteiger partial charge is 0.354 e. The number of hydrogen-bond donors (Lipinski definition) is 1. The van der Waals surface area contributed by atoms with Gasteiger partial charge in [-0.25, -0.2) is 0 Å². The van der Waals surface area contributed by atoms with Crippen LogP contribution >= 0.6 is 15.9 Å². The van der Waals surface area contributed by atoms with Crippen molar-refractivity contribution in [2.24, 2.45) is 0 Å². The third kappa shape index (κ3) is 8.09. The van der Waals surface area contributed by atoms with Gasteiger partial charge in [0, 0.05) is 24.0 Å². The molecule has 0 aliphatic carbocycles. The van der Waals surface area contributed by atoms with Crippen molar-refractivity contribution in [2.45, 2.75) is 78.3 Å². The topological polar surface area (TPSA) is 49.4 Å². The molecule has 0 fully saturated rings. The lowest BCUT2D eigenvalue weighted by Crippen LogP contribution is -2.47. The second kappa shape index (κ2) is 12.2. The van der Waals surface area contributed by atoms with Crippen LogP contribution in [0.1, 0.15) is 70.6 Å². The van der Waals surface area contributed by atoms with Gasteiger partial charge in [0.1, 0.15) is 6.04 Å². The van der Waals surface area contributed by atoms with Crippen LogP contribution < -0.4 is 5.32 Å². The highest BCUT2D eigenvalue weighted by Crippen LogP contribution is 2.23. The van der Waals surface area contributed by atoms with Crippen LogP contribution in [0.25, 0.3) is 0 Å². The molecule has 5 heteroatoms. The molecule has 0 aliphatic rings. The standard InChI is InChI=1S/C27H37BrN2O2/c1-6-7-17-29-26(32)20(2)30(19-22-9-8-10-24(28)18-22)25(31)16-13-21-11-14-23(15-12-21)27(3,4)5/h8-12,14-15,18,20H,6-7,13,16-17,19H2,1-5H3,(H,29,32)/t20-/m1/s1. The maximum Gasteiger partial charge on any atom is 0.242 e. The number of rotatable bonds is 10. The minimum Gasteiger partial charge on any atom is -0.354 e. The van der Waals surface area contributed by atoms with Gasteiger partial charge in [0.2, 0.25) is 11.8 Å². The molecular weight excluding hydrogens is 464 g/mol. The average molecular weight is 502 g/mol. The van der Waals surface area contributed by atoms with E-state index in [9.17, 15) is 9.59 Å². The molecule has 0 unspecified atom stereocenters. The summed E-state index contributed by atoms with van der Waals surface area (Å²) in [6, 6.07) is 15.8. The van der Waals surface area contributed by atoms with Crippen molar-refractivity contribution in [1.82, 2.24) is 10.2 Å². The van der Waals surface area contributed by atoms with Crippen molar-refractivity contribution in [1.29, 1.82) is 0 Å². The van der Waals surface area contributed by atoms with E-state index in [4.69, 9.17) is 0 Å². The van der Waals surface area contributed by atoms with E-state index in [0.717, 1.165) is 28.4 Å². The molecule has 0 saturated carbocycles. The summed E-state index contributed by atoms with van der Waals surface area (Å²) >= 11 is 3.50. The van der Waals surface area contributed by atoms with Gasteiger partial charge in [0.05, 0.1) is 0 Å². The Balaban J connectivity index is 2.11. The first-order valence-corrected chi connectivity index (χ1v) is 12.3. The van der Waals surface area contributed by atoms with E-state index >= 15 is 0 Å². The van der Waals surface area contributed by atoms with Gasteiger partial charge in [-0.3, -0.25) is 9.59 Å². The van der Waals surface area contributed by atoms with Gasteiger partial charge in [0.25, 0.3) is 0 Å². The fourth-order valence-corrected chi connectivity index (χ4v) is 3.96. The van der Waals surface area contributed by atoms with Gasteiger partial charge in [0.15, 0.2) is 0 Å². The summed E-state index contributed by atoms with van der Waals surface area (Å²) in [4.78, 5) is 27.7. The Morgan fingerprint density at radius 3 is 2.34 bits per heavy atom. The van der Waals surface area contributed by atoms with Crippen LogP contribution in [0.5, 0.6) is 0 Å². The number of hydrogen-bond acceptors (Lipinski definition) is 2. The van der Waals surface area contributed by atoms with E-state index in [-0.39, 0.29) is 17.2 Å². The zero-order valence-corrected chi connectivity index (χ0v) is 21.7. The highest BCUT2D eigenvalue weighted by molar-refractivity contribution is 9.10. The monoisotopic (exact) mass is 500 g/mol. The quantitative estimate of drug-likeness (QED) is 0.405. The van der Waals surface area contributed by atoms with Crippen molar-refractivity contribution in [3.63, 3.8) is 0 Å². The molecule has 0 saturated heterocycles. The van der Waals surface area contributed by atoms with Crippen LogP contribution in [0.2, 0.25) is 0 Å². The Morgan fingerprint density at radius 1 is 1.06 bits per heavy atom. The number of benzene rings is 2. The van der Waals surface area contributed by atoms with E-state index in [0.29, 0.717) is 25.9 Å². The van der Waals surface area contributed by atoms with E-state index in [1.54, 1.807) is 4.90 Å². The Labute approximate surface area is 201 Å². The van der Waals surface area contributed by atoms with Crippen LogP contribution in [0.4, 0.5) is 0 Å². The smallest absolute Gasteiger partial charge is 0.242 e. The minimum absolute atomic E-state index is 0.0111. The number of unbranched alkanes of at least 4 members (excludes halogenated alkanes) is 1. The molecule has 2 aromatic carbocycles. The first kappa shape index (κ1) is 26.1. The Morgan fingerprint density at radius 2 is 1.75 bits per heavy atom.